The van der Waals surface area contributed by atoms with Gasteiger partial charge in [-0.1, -0.05) is 30.3 Å². The number of benzene rings is 1. The normalized spacial score (nSPS) is 5.51. The van der Waals surface area contributed by atoms with Crippen LogP contribution in [-0.4, -0.2) is 11.8 Å². The molecule has 0 unspecified atom stereocenters. The lowest BCUT2D eigenvalue weighted by Crippen LogP contribution is -2.15. The Balaban J connectivity index is -0.0000000209. The fraction of sp³-hybridized carbons (Fsp3) is 0. The van der Waals surface area contributed by atoms with E-state index in [0.717, 1.165) is 0 Å². The molecule has 0 spiro atoms. The zero-order valence-electron chi connectivity index (χ0n) is 19.7. The van der Waals surface area contributed by atoms with Crippen LogP contribution in [0.25, 0.3) is 0 Å². The summed E-state index contributed by atoms with van der Waals surface area (Å²) in [4.78, 5) is 23.3. The molecule has 1 aromatic carbocycles. The molecule has 0 aliphatic rings. The molecule has 0 aliphatic carbocycles. The average Bonchev–Trinajstić information content (AvgIpc) is 2.96. The van der Waals surface area contributed by atoms with Gasteiger partial charge in [-0.05, 0) is 47.4 Å². The van der Waals surface area contributed by atoms with E-state index in [4.69, 9.17) is 6.42 Å². The number of ether oxygens (including phenoxy) is 1. The molecule has 0 bridgehead atoms. The zero-order chi connectivity index (χ0) is 28.1. The SMILES string of the molecule is C#CC#CC#CC#CC#CC#CC#CC#CC#CC#CC#CC#CC#CC#COC(=O)C(=O)c1ccccc1.[HH].[HH].[HH].[HH].[HH].[HH].[HH].[HH].[HH].[HH].[HH].[HH].[HH].[HH].[HH].[HH].[HH].[HH].[HH].[HH].[HH].[HH].[HH].[HH].[HH].[HH].[HH].[HH]. The summed E-state index contributed by atoms with van der Waals surface area (Å²) in [5, 5.41) is 0. The first-order valence-corrected chi connectivity index (χ1v) is 10.0. The number of terminal acetylenes is 1. The van der Waals surface area contributed by atoms with Crippen LogP contribution in [0.2, 0.25) is 0 Å². The summed E-state index contributed by atoms with van der Waals surface area (Å²) < 4.78 is 4.51. The number of Topliss-reactive ketones (excluding diaryl/α,β-unsaturated/α-hetero) is 1. The van der Waals surface area contributed by atoms with Crippen molar-refractivity contribution >= 4 is 11.8 Å². The number of esters is 1. The molecular weight excluding hydrogens is 480 g/mol. The number of rotatable bonds is 2. The molecule has 3 nitrogen and oxygen atoms in total. The van der Waals surface area contributed by atoms with Crippen LogP contribution in [0, 0.1) is 166 Å². The van der Waals surface area contributed by atoms with Crippen molar-refractivity contribution in [3.05, 3.63) is 35.9 Å². The minimum atomic E-state index is -1.10. The number of ketones is 1. The molecule has 0 aromatic heterocycles. The average molecular weight is 543 g/mol. The molecule has 0 saturated heterocycles. The maximum Gasteiger partial charge on any atom is 0.393 e. The summed E-state index contributed by atoms with van der Waals surface area (Å²) in [7, 11) is 0. The summed E-state index contributed by atoms with van der Waals surface area (Å²) in [5.41, 5.74) is 0.204. The third kappa shape index (κ3) is 17.4. The van der Waals surface area contributed by atoms with E-state index in [-0.39, 0.29) is 45.5 Å². The third-order valence-electron chi connectivity index (χ3n) is 2.99. The lowest BCUT2D eigenvalue weighted by Gasteiger charge is -1.95. The van der Waals surface area contributed by atoms with Gasteiger partial charge < -0.3 is 4.74 Å². The predicted octanol–water partition coefficient (Wildman–Crippen LogP) is 7.94. The molecule has 0 aliphatic heterocycles. The Kier molecular flexibility index (Phi) is 16.5. The van der Waals surface area contributed by atoms with Gasteiger partial charge in [-0.25, -0.2) is 4.79 Å². The second kappa shape index (κ2) is 22.0. The molecular formula is C36H62O3. The van der Waals surface area contributed by atoms with Crippen molar-refractivity contribution in [2.45, 2.75) is 0 Å². The highest BCUT2D eigenvalue weighted by Gasteiger charge is 2.16. The molecule has 39 heavy (non-hydrogen) atoms. The summed E-state index contributed by atoms with van der Waals surface area (Å²) in [6, 6.07) is 7.96. The first-order chi connectivity index (χ1) is 19.3. The van der Waals surface area contributed by atoms with Crippen molar-refractivity contribution in [1.29, 1.82) is 0 Å². The highest BCUT2D eigenvalue weighted by atomic mass is 16.5. The molecule has 0 atom stereocenters. The first-order valence-electron chi connectivity index (χ1n) is 10.0. The Bertz CT molecular complexity index is 2100. The smallest absolute Gasteiger partial charge is 0.365 e. The minimum Gasteiger partial charge on any atom is -0.365 e. The van der Waals surface area contributed by atoms with Crippen molar-refractivity contribution < 1.29 is 54.3 Å². The summed E-state index contributed by atoms with van der Waals surface area (Å²) in [6.07, 6.45) is 6.95. The van der Waals surface area contributed by atoms with Crippen LogP contribution in [0.4, 0.5) is 0 Å². The molecule has 0 amide bonds. The van der Waals surface area contributed by atoms with E-state index < -0.39 is 11.8 Å². The van der Waals surface area contributed by atoms with E-state index in [1.807, 2.05) is 6.11 Å². The number of hydrogen-bond acceptors (Lipinski definition) is 3. The Labute approximate surface area is 269 Å². The van der Waals surface area contributed by atoms with E-state index in [9.17, 15) is 9.59 Å². The van der Waals surface area contributed by atoms with Gasteiger partial charge in [0.1, 0.15) is 6.11 Å². The van der Waals surface area contributed by atoms with Gasteiger partial charge in [0.15, 0.2) is 0 Å². The fourth-order valence-corrected chi connectivity index (χ4v) is 1.61. The van der Waals surface area contributed by atoms with Gasteiger partial charge in [0.05, 0.1) is 0 Å². The van der Waals surface area contributed by atoms with E-state index >= 15 is 0 Å². The largest absolute Gasteiger partial charge is 0.393 e. The molecule has 0 N–H and O–H groups in total. The molecule has 0 heterocycles. The van der Waals surface area contributed by atoms with Crippen LogP contribution >= 0.6 is 0 Å². The van der Waals surface area contributed by atoms with Gasteiger partial charge in [0.25, 0.3) is 5.78 Å². The second-order valence-electron chi connectivity index (χ2n) is 5.46. The summed E-state index contributed by atoms with van der Waals surface area (Å²) >= 11 is 0. The highest BCUT2D eigenvalue weighted by molar-refractivity contribution is 6.40. The number of hydrogen-bond donors (Lipinski definition) is 0. The monoisotopic (exact) mass is 542 g/mol. The molecule has 0 radical (unpaired) electrons. The van der Waals surface area contributed by atoms with Crippen LogP contribution in [0.3, 0.4) is 0 Å². The number of carbonyl (C=O) groups is 2. The van der Waals surface area contributed by atoms with Crippen LogP contribution in [-0.2, 0) is 9.53 Å². The molecule has 1 rings (SSSR count). The van der Waals surface area contributed by atoms with Crippen LogP contribution in [0.5, 0.6) is 0 Å². The number of carbonyl (C=O) groups excluding carboxylic acids is 2. The molecule has 0 fully saturated rings. The van der Waals surface area contributed by atoms with E-state index in [0.29, 0.717) is 0 Å². The van der Waals surface area contributed by atoms with Gasteiger partial charge in [0.2, 0.25) is 0 Å². The van der Waals surface area contributed by atoms with Gasteiger partial charge in [-0.3, -0.25) is 4.79 Å². The fourth-order valence-electron chi connectivity index (χ4n) is 1.61. The van der Waals surface area contributed by atoms with E-state index in [1.165, 1.54) is 12.1 Å². The molecule has 1 aromatic rings. The quantitative estimate of drug-likeness (QED) is 0.165. The maximum absolute atomic E-state index is 11.8. The van der Waals surface area contributed by atoms with Gasteiger partial charge in [-0.15, -0.1) is 6.42 Å². The van der Waals surface area contributed by atoms with Crippen molar-refractivity contribution in [1.82, 2.24) is 0 Å². The van der Waals surface area contributed by atoms with Crippen molar-refractivity contribution in [3.63, 3.8) is 0 Å². The van der Waals surface area contributed by atoms with E-state index in [1.54, 1.807) is 18.2 Å². The van der Waals surface area contributed by atoms with Crippen molar-refractivity contribution in [2.75, 3.05) is 0 Å². The predicted molar refractivity (Wildman–Crippen MR) is 206 cm³/mol. The van der Waals surface area contributed by atoms with E-state index in [2.05, 4.69) is 159 Å². The van der Waals surface area contributed by atoms with Crippen molar-refractivity contribution in [2.24, 2.45) is 0 Å². The molecule has 0 saturated carbocycles. The third-order valence-corrected chi connectivity index (χ3v) is 2.99. The van der Waals surface area contributed by atoms with Crippen LogP contribution in [0.15, 0.2) is 30.3 Å². The lowest BCUT2D eigenvalue weighted by atomic mass is 10.1. The standard InChI is InChI=1S/C36H6O3.28H2/c1-2-3-4-5-6-7-8-9-10-11-12-13-14-15-16-17-18-19-20-21-22-23-24-25-26-30-33-39-36(38)35(37)34-31-28-27-29-32-34;;;;;;;;;;;;;;;;;;;;;;;;;;;;/h1,27-29,31-32H;28*1H. The van der Waals surface area contributed by atoms with Gasteiger partial charge in [-0.2, -0.15) is 0 Å². The zero-order valence-corrected chi connectivity index (χ0v) is 19.7. The maximum atomic E-state index is 11.8. The summed E-state index contributed by atoms with van der Waals surface area (Å²) in [5.74, 6) is 61.1. The molecule has 3 heteroatoms. The Morgan fingerprint density at radius 1 is 0.487 bits per heavy atom. The van der Waals surface area contributed by atoms with Crippen LogP contribution in [0.1, 0.15) is 50.3 Å². The second-order valence-corrected chi connectivity index (χ2v) is 5.46. The minimum absolute atomic E-state index is 0. The van der Waals surface area contributed by atoms with Gasteiger partial charge >= 0.3 is 5.97 Å². The summed E-state index contributed by atoms with van der Waals surface area (Å²) in [6.45, 7) is 0. The van der Waals surface area contributed by atoms with Crippen LogP contribution < -0.4 is 0 Å². The lowest BCUT2D eigenvalue weighted by molar-refractivity contribution is -0.131. The first kappa shape index (κ1) is 29.2. The van der Waals surface area contributed by atoms with Gasteiger partial charge in [0, 0.05) is 152 Å². The Morgan fingerprint density at radius 3 is 1.13 bits per heavy atom. The van der Waals surface area contributed by atoms with Crippen molar-refractivity contribution in [3.8, 4) is 166 Å². The Hall–Kier alpha value is -7.80. The highest BCUT2D eigenvalue weighted by Crippen LogP contribution is 2.00. The Morgan fingerprint density at radius 2 is 0.795 bits per heavy atom. The molecule has 224 valence electrons. The topological polar surface area (TPSA) is 43.4 Å².